The van der Waals surface area contributed by atoms with Gasteiger partial charge < -0.3 is 4.74 Å². The summed E-state index contributed by atoms with van der Waals surface area (Å²) in [6, 6.07) is 10.5. The van der Waals surface area contributed by atoms with Crippen LogP contribution in [-0.2, 0) is 19.6 Å². The highest BCUT2D eigenvalue weighted by Gasteiger charge is 2.28. The van der Waals surface area contributed by atoms with E-state index in [0.29, 0.717) is 10.0 Å². The maximum absolute atomic E-state index is 13.0. The molecule has 8 heteroatoms. The molecule has 0 radical (unpaired) electrons. The van der Waals surface area contributed by atoms with Crippen LogP contribution in [0, 0.1) is 6.92 Å². The molecule has 5 nitrogen and oxygen atoms in total. The van der Waals surface area contributed by atoms with Crippen LogP contribution in [-0.4, -0.2) is 27.5 Å². The molecule has 0 saturated carbocycles. The predicted octanol–water partition coefficient (Wildman–Crippen LogP) is 4.06. The summed E-state index contributed by atoms with van der Waals surface area (Å²) in [6.07, 6.45) is 0. The van der Waals surface area contributed by atoms with Gasteiger partial charge >= 0.3 is 5.97 Å². The van der Waals surface area contributed by atoms with Crippen LogP contribution < -0.4 is 4.31 Å². The van der Waals surface area contributed by atoms with Gasteiger partial charge in [0.15, 0.2) is 0 Å². The van der Waals surface area contributed by atoms with Crippen molar-refractivity contribution in [3.8, 4) is 0 Å². The van der Waals surface area contributed by atoms with Gasteiger partial charge in [-0.05, 0) is 55.8 Å². The Morgan fingerprint density at radius 3 is 2.32 bits per heavy atom. The number of hydrogen-bond donors (Lipinski definition) is 0. The molecule has 2 rings (SSSR count). The van der Waals surface area contributed by atoms with E-state index in [2.05, 4.69) is 0 Å². The largest absolute Gasteiger partial charge is 0.465 e. The molecule has 0 unspecified atom stereocenters. The summed E-state index contributed by atoms with van der Waals surface area (Å²) in [6.45, 7) is 3.15. The fourth-order valence-electron chi connectivity index (χ4n) is 2.11. The fraction of sp³-hybridized carbons (Fsp3) is 0.235. The Balaban J connectivity index is 2.51. The van der Waals surface area contributed by atoms with E-state index in [4.69, 9.17) is 27.9 Å². The molecule has 0 atom stereocenters. The molecular weight excluding hydrogens is 385 g/mol. The Kier molecular flexibility index (Phi) is 6.32. The van der Waals surface area contributed by atoms with Gasteiger partial charge in [0, 0.05) is 10.0 Å². The standard InChI is InChI=1S/C17H17Cl2NO4S/c1-3-24-17(21)11-20(14-7-4-12(2)16(19)10-14)25(22,23)15-8-5-13(18)6-9-15/h4-10H,3,11H2,1-2H3. The first-order chi connectivity index (χ1) is 11.8. The first-order valence-electron chi connectivity index (χ1n) is 7.45. The number of esters is 1. The molecule has 0 N–H and O–H groups in total. The molecule has 0 aliphatic heterocycles. The van der Waals surface area contributed by atoms with Crippen molar-refractivity contribution in [2.45, 2.75) is 18.7 Å². The van der Waals surface area contributed by atoms with Crippen molar-refractivity contribution in [2.24, 2.45) is 0 Å². The third-order valence-electron chi connectivity index (χ3n) is 3.42. The maximum atomic E-state index is 13.0. The number of rotatable bonds is 6. The van der Waals surface area contributed by atoms with Crippen molar-refractivity contribution < 1.29 is 17.9 Å². The van der Waals surface area contributed by atoms with Crippen LogP contribution >= 0.6 is 23.2 Å². The SMILES string of the molecule is CCOC(=O)CN(c1ccc(C)c(Cl)c1)S(=O)(=O)c1ccc(Cl)cc1. The second kappa shape index (κ2) is 8.08. The van der Waals surface area contributed by atoms with Crippen LogP contribution in [0.15, 0.2) is 47.4 Å². The topological polar surface area (TPSA) is 63.7 Å². The number of benzene rings is 2. The van der Waals surface area contributed by atoms with Crippen LogP contribution in [0.3, 0.4) is 0 Å². The van der Waals surface area contributed by atoms with Crippen LogP contribution in [0.1, 0.15) is 12.5 Å². The summed E-state index contributed by atoms with van der Waals surface area (Å²) >= 11 is 11.9. The Morgan fingerprint density at radius 1 is 1.12 bits per heavy atom. The number of aryl methyl sites for hydroxylation is 1. The van der Waals surface area contributed by atoms with Gasteiger partial charge in [-0.25, -0.2) is 8.42 Å². The Bertz CT molecular complexity index is 867. The van der Waals surface area contributed by atoms with E-state index < -0.39 is 22.5 Å². The molecule has 0 aliphatic carbocycles. The summed E-state index contributed by atoms with van der Waals surface area (Å²) in [5.74, 6) is -0.656. The van der Waals surface area contributed by atoms with Gasteiger partial charge in [0.2, 0.25) is 0 Å². The number of nitrogens with zero attached hydrogens (tertiary/aromatic N) is 1. The van der Waals surface area contributed by atoms with Crippen molar-refractivity contribution in [2.75, 3.05) is 17.5 Å². The molecule has 0 spiro atoms. The van der Waals surface area contributed by atoms with Crippen LogP contribution in [0.25, 0.3) is 0 Å². The Morgan fingerprint density at radius 2 is 1.76 bits per heavy atom. The average Bonchev–Trinajstić information content (AvgIpc) is 2.56. The zero-order valence-electron chi connectivity index (χ0n) is 13.7. The van der Waals surface area contributed by atoms with E-state index in [9.17, 15) is 13.2 Å². The molecule has 0 aliphatic rings. The lowest BCUT2D eigenvalue weighted by Gasteiger charge is -2.24. The summed E-state index contributed by atoms with van der Waals surface area (Å²) in [7, 11) is -4.00. The molecule has 0 fully saturated rings. The minimum Gasteiger partial charge on any atom is -0.465 e. The van der Waals surface area contributed by atoms with E-state index in [1.54, 1.807) is 26.0 Å². The van der Waals surface area contributed by atoms with E-state index in [0.717, 1.165) is 9.87 Å². The molecule has 134 valence electrons. The first-order valence-corrected chi connectivity index (χ1v) is 9.65. The van der Waals surface area contributed by atoms with Gasteiger partial charge in [0.05, 0.1) is 17.2 Å². The van der Waals surface area contributed by atoms with E-state index in [1.165, 1.54) is 30.3 Å². The molecular formula is C17H17Cl2NO4S. The van der Waals surface area contributed by atoms with Gasteiger partial charge in [-0.3, -0.25) is 9.10 Å². The highest BCUT2D eigenvalue weighted by atomic mass is 35.5. The van der Waals surface area contributed by atoms with Crippen molar-refractivity contribution in [3.05, 3.63) is 58.1 Å². The van der Waals surface area contributed by atoms with E-state index in [-0.39, 0.29) is 17.2 Å². The maximum Gasteiger partial charge on any atom is 0.326 e. The lowest BCUT2D eigenvalue weighted by atomic mass is 10.2. The smallest absolute Gasteiger partial charge is 0.326 e. The normalized spacial score (nSPS) is 11.2. The van der Waals surface area contributed by atoms with Crippen molar-refractivity contribution >= 4 is 44.9 Å². The van der Waals surface area contributed by atoms with Gasteiger partial charge in [-0.1, -0.05) is 29.3 Å². The summed E-state index contributed by atoms with van der Waals surface area (Å²) in [4.78, 5) is 11.9. The molecule has 0 aromatic heterocycles. The van der Waals surface area contributed by atoms with Gasteiger partial charge in [0.1, 0.15) is 6.54 Å². The number of halogens is 2. The highest BCUT2D eigenvalue weighted by Crippen LogP contribution is 2.28. The molecule has 2 aromatic carbocycles. The quantitative estimate of drug-likeness (QED) is 0.684. The van der Waals surface area contributed by atoms with Crippen molar-refractivity contribution in [3.63, 3.8) is 0 Å². The Labute approximate surface area is 157 Å². The number of carbonyl (C=O) groups is 1. The van der Waals surface area contributed by atoms with Crippen LogP contribution in [0.2, 0.25) is 10.0 Å². The van der Waals surface area contributed by atoms with Crippen LogP contribution in [0.5, 0.6) is 0 Å². The molecule has 25 heavy (non-hydrogen) atoms. The predicted molar refractivity (Wildman–Crippen MR) is 98.8 cm³/mol. The molecule has 0 amide bonds. The molecule has 0 bridgehead atoms. The highest BCUT2D eigenvalue weighted by molar-refractivity contribution is 7.92. The zero-order chi connectivity index (χ0) is 18.6. The molecule has 0 heterocycles. The van der Waals surface area contributed by atoms with E-state index >= 15 is 0 Å². The van der Waals surface area contributed by atoms with Crippen molar-refractivity contribution in [1.29, 1.82) is 0 Å². The number of carbonyl (C=O) groups excluding carboxylic acids is 1. The fourth-order valence-corrected chi connectivity index (χ4v) is 3.81. The number of sulfonamides is 1. The number of hydrogen-bond acceptors (Lipinski definition) is 4. The summed E-state index contributed by atoms with van der Waals surface area (Å²) in [5.41, 5.74) is 1.07. The van der Waals surface area contributed by atoms with Crippen LogP contribution in [0.4, 0.5) is 5.69 Å². The molecule has 2 aromatic rings. The van der Waals surface area contributed by atoms with Gasteiger partial charge in [0.25, 0.3) is 10.0 Å². The minimum atomic E-state index is -4.00. The second-order valence-corrected chi connectivity index (χ2v) is 7.91. The number of anilines is 1. The Hall–Kier alpha value is -1.76. The summed E-state index contributed by atoms with van der Waals surface area (Å²) in [5, 5.41) is 0.812. The lowest BCUT2D eigenvalue weighted by molar-refractivity contribution is -0.141. The monoisotopic (exact) mass is 401 g/mol. The average molecular weight is 402 g/mol. The summed E-state index contributed by atoms with van der Waals surface area (Å²) < 4.78 is 31.9. The van der Waals surface area contributed by atoms with E-state index in [1.807, 2.05) is 0 Å². The second-order valence-electron chi connectivity index (χ2n) is 5.20. The number of ether oxygens (including phenoxy) is 1. The van der Waals surface area contributed by atoms with Gasteiger partial charge in [-0.2, -0.15) is 0 Å². The van der Waals surface area contributed by atoms with Gasteiger partial charge in [-0.15, -0.1) is 0 Å². The van der Waals surface area contributed by atoms with Crippen molar-refractivity contribution in [1.82, 2.24) is 0 Å². The zero-order valence-corrected chi connectivity index (χ0v) is 16.0. The minimum absolute atomic E-state index is 0.0119. The third-order valence-corrected chi connectivity index (χ3v) is 5.87. The lowest BCUT2D eigenvalue weighted by Crippen LogP contribution is -2.36. The first kappa shape index (κ1) is 19.6. The third kappa shape index (κ3) is 4.66. The molecule has 0 saturated heterocycles.